The molecule has 5 atom stereocenters. The average Bonchev–Trinajstić information content (AvgIpc) is 2.76. The minimum absolute atomic E-state index is 0.0927. The summed E-state index contributed by atoms with van der Waals surface area (Å²) in [5.41, 5.74) is 12.8. The van der Waals surface area contributed by atoms with Gasteiger partial charge in [0, 0.05) is 6.54 Å². The fraction of sp³-hybridized carbons (Fsp3) is 0.778. The number of carbonyl (C=O) groups excluding carboxylic acids is 1. The Morgan fingerprint density at radius 3 is 2.88 bits per heavy atom. The summed E-state index contributed by atoms with van der Waals surface area (Å²) >= 11 is 0. The molecule has 0 spiro atoms. The van der Waals surface area contributed by atoms with E-state index in [1.165, 1.54) is 5.57 Å². The Balaban J connectivity index is 2.24. The van der Waals surface area contributed by atoms with E-state index in [4.69, 9.17) is 21.6 Å². The number of allylic oxidation sites excluding steroid dienone is 2. The minimum atomic E-state index is -0.595. The number of ether oxygens (including phenoxy) is 1. The summed E-state index contributed by atoms with van der Waals surface area (Å²) in [6.07, 6.45) is 6.04. The van der Waals surface area contributed by atoms with Crippen LogP contribution in [0.5, 0.6) is 0 Å². The molecule has 0 aromatic rings. The third kappa shape index (κ3) is 3.98. The molecule has 2 aliphatic rings. The lowest BCUT2D eigenvalue weighted by Crippen LogP contribution is -2.58. The SMILES string of the molecule is C/C1=C\CCC(C)[C@@H](C)[C@H]2OC(=N)[C@@H](CNCC(N)=O)[C@]2(N)CC1. The number of primary amides is 1. The zero-order valence-electron chi connectivity index (χ0n) is 15.1. The lowest BCUT2D eigenvalue weighted by molar-refractivity contribution is -0.117. The summed E-state index contributed by atoms with van der Waals surface area (Å²) in [5.74, 6) is 0.353. The second kappa shape index (κ2) is 7.66. The van der Waals surface area contributed by atoms with Gasteiger partial charge in [-0.25, -0.2) is 0 Å². The van der Waals surface area contributed by atoms with Crippen molar-refractivity contribution >= 4 is 11.8 Å². The smallest absolute Gasteiger partial charge is 0.231 e. The van der Waals surface area contributed by atoms with Gasteiger partial charge in [0.05, 0.1) is 18.0 Å². The Bertz CT molecular complexity index is 519. The number of hydrogen-bond acceptors (Lipinski definition) is 5. The number of fused-ring (bicyclic) bond motifs is 1. The van der Waals surface area contributed by atoms with Gasteiger partial charge >= 0.3 is 0 Å². The van der Waals surface area contributed by atoms with Crippen molar-refractivity contribution in [2.24, 2.45) is 29.2 Å². The third-order valence-electron chi connectivity index (χ3n) is 5.84. The number of amides is 1. The predicted octanol–water partition coefficient (Wildman–Crippen LogP) is 1.54. The standard InChI is InChI=1S/C18H32N4O2/c1-11-5-4-6-12(2)13(3)16-18(21,8-7-11)14(17(20)24-16)9-22-10-15(19)23/h5,12-14,16,20,22H,4,6-10,21H2,1-3H3,(H2,19,23)/b11-5+,20-17?/t12?,13-,14-,16-,18-/m1/s1. The Hall–Kier alpha value is -1.40. The monoisotopic (exact) mass is 336 g/mol. The largest absolute Gasteiger partial charge is 0.475 e. The van der Waals surface area contributed by atoms with E-state index in [1.54, 1.807) is 0 Å². The zero-order chi connectivity index (χ0) is 17.9. The molecule has 1 heterocycles. The van der Waals surface area contributed by atoms with E-state index in [2.05, 4.69) is 32.2 Å². The van der Waals surface area contributed by atoms with Gasteiger partial charge in [-0.2, -0.15) is 0 Å². The van der Waals surface area contributed by atoms with Gasteiger partial charge in [-0.3, -0.25) is 10.2 Å². The van der Waals surface area contributed by atoms with Crippen LogP contribution in [0.15, 0.2) is 11.6 Å². The van der Waals surface area contributed by atoms with Crippen molar-refractivity contribution in [3.05, 3.63) is 11.6 Å². The summed E-state index contributed by atoms with van der Waals surface area (Å²) in [6.45, 7) is 7.10. The molecule has 24 heavy (non-hydrogen) atoms. The molecule has 1 fully saturated rings. The molecule has 1 amide bonds. The highest BCUT2D eigenvalue weighted by Gasteiger charge is 2.54. The number of hydrogen-bond donors (Lipinski definition) is 4. The van der Waals surface area contributed by atoms with E-state index in [1.807, 2.05) is 0 Å². The number of nitrogens with two attached hydrogens (primary N) is 2. The molecule has 0 bridgehead atoms. The second-order valence-corrected chi connectivity index (χ2v) is 7.63. The molecule has 1 saturated heterocycles. The Morgan fingerprint density at radius 1 is 1.50 bits per heavy atom. The first kappa shape index (κ1) is 18.9. The van der Waals surface area contributed by atoms with Crippen LogP contribution in [0.2, 0.25) is 0 Å². The third-order valence-corrected chi connectivity index (χ3v) is 5.84. The van der Waals surface area contributed by atoms with Gasteiger partial charge in [-0.1, -0.05) is 25.5 Å². The summed E-state index contributed by atoms with van der Waals surface area (Å²) in [4.78, 5) is 11.0. The highest BCUT2D eigenvalue weighted by molar-refractivity contribution is 5.81. The van der Waals surface area contributed by atoms with Crippen molar-refractivity contribution in [3.8, 4) is 0 Å². The molecule has 1 aliphatic carbocycles. The van der Waals surface area contributed by atoms with E-state index in [0.29, 0.717) is 12.5 Å². The molecular formula is C18H32N4O2. The van der Waals surface area contributed by atoms with Crippen molar-refractivity contribution in [3.63, 3.8) is 0 Å². The second-order valence-electron chi connectivity index (χ2n) is 7.63. The topological polar surface area (TPSA) is 114 Å². The fourth-order valence-corrected chi connectivity index (χ4v) is 3.98. The normalized spacial score (nSPS) is 39.5. The molecule has 136 valence electrons. The van der Waals surface area contributed by atoms with Crippen LogP contribution in [-0.4, -0.2) is 36.5 Å². The zero-order valence-corrected chi connectivity index (χ0v) is 15.1. The molecule has 2 rings (SSSR count). The first-order valence-electron chi connectivity index (χ1n) is 8.94. The molecule has 0 radical (unpaired) electrons. The molecule has 0 saturated carbocycles. The Kier molecular flexibility index (Phi) is 6.04. The van der Waals surface area contributed by atoms with Crippen molar-refractivity contribution in [1.29, 1.82) is 5.41 Å². The molecule has 1 unspecified atom stereocenters. The van der Waals surface area contributed by atoms with Crippen LogP contribution in [0.3, 0.4) is 0 Å². The van der Waals surface area contributed by atoms with Gasteiger partial charge in [-0.05, 0) is 44.4 Å². The molecule has 0 aromatic heterocycles. The average molecular weight is 336 g/mol. The van der Waals surface area contributed by atoms with E-state index < -0.39 is 11.4 Å². The maximum Gasteiger partial charge on any atom is 0.231 e. The fourth-order valence-electron chi connectivity index (χ4n) is 3.98. The lowest BCUT2D eigenvalue weighted by atomic mass is 9.70. The number of rotatable bonds is 4. The highest BCUT2D eigenvalue weighted by Crippen LogP contribution is 2.42. The van der Waals surface area contributed by atoms with Gasteiger partial charge in [-0.15, -0.1) is 0 Å². The maximum atomic E-state index is 11.0. The van der Waals surface area contributed by atoms with Crippen LogP contribution in [0.1, 0.15) is 46.5 Å². The Morgan fingerprint density at radius 2 is 2.21 bits per heavy atom. The predicted molar refractivity (Wildman–Crippen MR) is 95.6 cm³/mol. The first-order valence-corrected chi connectivity index (χ1v) is 8.94. The summed E-state index contributed by atoms with van der Waals surface area (Å²) in [5, 5.41) is 11.3. The van der Waals surface area contributed by atoms with E-state index >= 15 is 0 Å². The quantitative estimate of drug-likeness (QED) is 0.583. The molecule has 1 aliphatic heterocycles. The Labute approximate surface area is 144 Å². The van der Waals surface area contributed by atoms with Gasteiger partial charge in [0.15, 0.2) is 5.90 Å². The minimum Gasteiger partial charge on any atom is -0.475 e. The van der Waals surface area contributed by atoms with Crippen LogP contribution in [0.25, 0.3) is 0 Å². The molecular weight excluding hydrogens is 304 g/mol. The molecule has 6 N–H and O–H groups in total. The van der Waals surface area contributed by atoms with E-state index in [0.717, 1.165) is 25.7 Å². The lowest BCUT2D eigenvalue weighted by Gasteiger charge is -2.39. The maximum absolute atomic E-state index is 11.0. The van der Waals surface area contributed by atoms with E-state index in [-0.39, 0.29) is 30.4 Å². The van der Waals surface area contributed by atoms with Crippen LogP contribution < -0.4 is 16.8 Å². The van der Waals surface area contributed by atoms with E-state index in [9.17, 15) is 4.79 Å². The molecule has 0 aromatic carbocycles. The van der Waals surface area contributed by atoms with Gasteiger partial charge < -0.3 is 21.5 Å². The van der Waals surface area contributed by atoms with Crippen LogP contribution in [0, 0.1) is 23.2 Å². The van der Waals surface area contributed by atoms with Crippen molar-refractivity contribution < 1.29 is 9.53 Å². The van der Waals surface area contributed by atoms with Crippen molar-refractivity contribution in [1.82, 2.24) is 5.32 Å². The van der Waals surface area contributed by atoms with Crippen LogP contribution in [-0.2, 0) is 9.53 Å². The number of carbonyl (C=O) groups is 1. The van der Waals surface area contributed by atoms with Crippen LogP contribution in [0.4, 0.5) is 0 Å². The van der Waals surface area contributed by atoms with Gasteiger partial charge in [0.25, 0.3) is 0 Å². The van der Waals surface area contributed by atoms with Gasteiger partial charge in [0.2, 0.25) is 5.91 Å². The van der Waals surface area contributed by atoms with Crippen LogP contribution >= 0.6 is 0 Å². The summed E-state index contributed by atoms with van der Waals surface area (Å²) < 4.78 is 5.97. The summed E-state index contributed by atoms with van der Waals surface area (Å²) in [7, 11) is 0. The van der Waals surface area contributed by atoms with Crippen molar-refractivity contribution in [2.75, 3.05) is 13.1 Å². The molecule has 6 heteroatoms. The number of nitrogens with one attached hydrogen (secondary N) is 2. The van der Waals surface area contributed by atoms with Gasteiger partial charge in [0.1, 0.15) is 6.10 Å². The van der Waals surface area contributed by atoms with Crippen molar-refractivity contribution in [2.45, 2.75) is 58.1 Å². The highest BCUT2D eigenvalue weighted by atomic mass is 16.5. The first-order chi connectivity index (χ1) is 11.3. The molecule has 6 nitrogen and oxygen atoms in total. The summed E-state index contributed by atoms with van der Waals surface area (Å²) in [6, 6.07) is 0.